The summed E-state index contributed by atoms with van der Waals surface area (Å²) in [6.45, 7) is 9.32. The predicted octanol–water partition coefficient (Wildman–Crippen LogP) is 29.8. The van der Waals surface area contributed by atoms with Crippen molar-refractivity contribution in [2.75, 3.05) is 9.80 Å². The van der Waals surface area contributed by atoms with Crippen molar-refractivity contribution >= 4 is 96.5 Å². The quantitative estimate of drug-likeness (QED) is 0.173. The van der Waals surface area contributed by atoms with Crippen LogP contribution in [0, 0.1) is 22.7 Å². The van der Waals surface area contributed by atoms with Crippen LogP contribution in [0.5, 0.6) is 0 Å². The topological polar surface area (TPSA) is 54.1 Å². The molecular formula is C113H79BrCl4N4. The van der Waals surface area contributed by atoms with Gasteiger partial charge in [0.05, 0.1) is 70.2 Å². The molecule has 8 aliphatic rings. The molecule has 586 valence electrons. The summed E-state index contributed by atoms with van der Waals surface area (Å²) >= 11 is 30.5. The number of nitrogens with zero attached hydrogens (tertiary/aromatic N) is 4. The third kappa shape index (κ3) is 10.9. The van der Waals surface area contributed by atoms with E-state index in [1.54, 1.807) is 0 Å². The van der Waals surface area contributed by atoms with Crippen molar-refractivity contribution in [2.45, 2.75) is 93.3 Å². The van der Waals surface area contributed by atoms with Gasteiger partial charge in [0.15, 0.2) is 0 Å². The van der Waals surface area contributed by atoms with Crippen LogP contribution in [0.3, 0.4) is 0 Å². The number of rotatable bonds is 2. The predicted molar refractivity (Wildman–Crippen MR) is 504 cm³/mol. The highest BCUT2D eigenvalue weighted by atomic mass is 79.9. The first-order chi connectivity index (χ1) is 59.5. The monoisotopic (exact) mass is 1710 g/mol. The smallest absolute Gasteiger partial charge is 0.101 e. The summed E-state index contributed by atoms with van der Waals surface area (Å²) in [5.74, 6) is 0. The molecule has 9 heteroatoms. The van der Waals surface area contributed by atoms with Gasteiger partial charge in [-0.2, -0.15) is 10.5 Å². The number of nitriles is 2. The third-order valence-corrected chi connectivity index (χ3v) is 30.0. The van der Waals surface area contributed by atoms with E-state index in [4.69, 9.17) is 46.4 Å². The van der Waals surface area contributed by atoms with E-state index in [-0.39, 0.29) is 10.8 Å². The Morgan fingerprint density at radius 3 is 0.803 bits per heavy atom. The summed E-state index contributed by atoms with van der Waals surface area (Å²) in [5.41, 5.74) is 41.7. The number of benzene rings is 16. The molecule has 0 atom stereocenters. The molecule has 2 aliphatic heterocycles. The number of para-hydroxylation sites is 4. The molecule has 4 nitrogen and oxygen atoms in total. The molecule has 24 rings (SSSR count). The minimum atomic E-state index is -0.655. The van der Waals surface area contributed by atoms with E-state index in [0.29, 0.717) is 31.2 Å². The maximum atomic E-state index is 10.3. The van der Waals surface area contributed by atoms with Gasteiger partial charge < -0.3 is 9.80 Å². The summed E-state index contributed by atoms with van der Waals surface area (Å²) in [5, 5.41) is 22.7. The zero-order chi connectivity index (χ0) is 82.9. The molecule has 16 aromatic rings. The second kappa shape index (κ2) is 28.7. The highest BCUT2D eigenvalue weighted by Crippen LogP contribution is 2.65. The second-order valence-corrected chi connectivity index (χ2v) is 37.2. The highest BCUT2D eigenvalue weighted by Gasteiger charge is 2.54. The van der Waals surface area contributed by atoms with E-state index >= 15 is 0 Å². The van der Waals surface area contributed by atoms with Crippen LogP contribution >= 0.6 is 62.3 Å². The molecule has 0 aromatic heterocycles. The van der Waals surface area contributed by atoms with Crippen molar-refractivity contribution in [3.05, 3.63) is 492 Å². The molecule has 0 amide bonds. The van der Waals surface area contributed by atoms with E-state index in [2.05, 4.69) is 387 Å². The van der Waals surface area contributed by atoms with Crippen molar-refractivity contribution in [1.82, 2.24) is 0 Å². The van der Waals surface area contributed by atoms with Crippen LogP contribution in [-0.4, -0.2) is 0 Å². The van der Waals surface area contributed by atoms with Gasteiger partial charge in [0.2, 0.25) is 0 Å². The molecule has 0 saturated carbocycles. The van der Waals surface area contributed by atoms with Gasteiger partial charge in [-0.25, -0.2) is 0 Å². The Morgan fingerprint density at radius 1 is 0.246 bits per heavy atom. The summed E-state index contributed by atoms with van der Waals surface area (Å²) in [6.07, 6.45) is 5.36. The summed E-state index contributed by atoms with van der Waals surface area (Å²) < 4.78 is 1.09. The van der Waals surface area contributed by atoms with Gasteiger partial charge in [0.1, 0.15) is 12.1 Å². The number of hydrogen-bond acceptors (Lipinski definition) is 4. The number of halogens is 5. The lowest BCUT2D eigenvalue weighted by Crippen LogP contribution is -2.32. The normalized spacial score (nSPS) is 15.7. The highest BCUT2D eigenvalue weighted by molar-refractivity contribution is 9.10. The van der Waals surface area contributed by atoms with Crippen LogP contribution in [0.4, 0.5) is 34.1 Å². The Kier molecular flexibility index (Phi) is 17.9. The fourth-order valence-electron chi connectivity index (χ4n) is 22.9. The first-order valence-corrected chi connectivity index (χ1v) is 44.4. The zero-order valence-electron chi connectivity index (χ0n) is 67.7. The summed E-state index contributed by atoms with van der Waals surface area (Å²) in [4.78, 5) is 4.90. The fourth-order valence-corrected chi connectivity index (χ4v) is 24.0. The lowest BCUT2D eigenvalue weighted by Gasteiger charge is -2.42. The standard InChI is InChI=1S/C44H31N3.C42H31Cl2N.C27H17BrCl2/c1-43(2)37-15-7-9-17-41(37)47(42-18-10-8-16-38(42)43)32-22-21-28-19-20-29-23-30(26-45)31(27-46)24-39(29)44(40(28)25-32)35-13-5-3-11-33(35)34-12-4-6-14-36(34)44;1-41(2)33-15-7-9-17-39(33)45(40-18-10-8-16-34(40)41)28-22-21-26-19-20-27-23-37(43)38(44)25-36(27)42(35(26)24-28)31-13-5-3-11-29(31)30-12-4-6-14-32(30)42;28-18-12-11-16-9-10-17-13-25(29)26(30)15-24(17)27(23(16)14-18)21-7-3-1-5-19(21)20-6-2-4-8-22(20)27/h3-18,21-25H,19-20H2,1-2H3;3-18,21-25H,19-20H2,1-2H3;1-8,11-15H,9-10H2. The van der Waals surface area contributed by atoms with Gasteiger partial charge in [0.25, 0.3) is 0 Å². The maximum absolute atomic E-state index is 10.3. The number of anilines is 6. The van der Waals surface area contributed by atoms with Gasteiger partial charge in [-0.05, 0) is 291 Å². The van der Waals surface area contributed by atoms with E-state index in [1.807, 2.05) is 12.1 Å². The Bertz CT molecular complexity index is 7020. The van der Waals surface area contributed by atoms with E-state index in [1.165, 1.54) is 167 Å². The van der Waals surface area contributed by atoms with Crippen LogP contribution in [0.15, 0.2) is 338 Å². The second-order valence-electron chi connectivity index (χ2n) is 34.6. The van der Waals surface area contributed by atoms with E-state index in [9.17, 15) is 10.5 Å². The van der Waals surface area contributed by atoms with Crippen molar-refractivity contribution < 1.29 is 0 Å². The molecule has 122 heavy (non-hydrogen) atoms. The lowest BCUT2D eigenvalue weighted by atomic mass is 9.65. The maximum Gasteiger partial charge on any atom is 0.101 e. The molecular weight excluding hydrogens is 1630 g/mol. The molecule has 3 spiro atoms. The third-order valence-electron chi connectivity index (χ3n) is 28.1. The SMILES string of the molecule is CC1(C)c2ccccc2N(c2ccc3c(c2)C2(c4cc(C#N)c(C#N)cc4CC3)c3ccccc3-c3ccccc32)c2ccccc21.CC1(C)c2ccccc2N(c2ccc3c(c2)C2(c4cc(Cl)c(Cl)cc4CC3)c3ccccc3-c3ccccc32)c2ccccc21.Clc1cc2c(cc1Cl)C1(c3cc(Br)ccc3CC2)c2ccccc2-c2ccccc21. The average Bonchev–Trinajstić information content (AvgIpc) is 1.52. The van der Waals surface area contributed by atoms with Crippen LogP contribution < -0.4 is 9.80 Å². The van der Waals surface area contributed by atoms with Crippen LogP contribution in [0.1, 0.15) is 161 Å². The first-order valence-electron chi connectivity index (χ1n) is 42.1. The van der Waals surface area contributed by atoms with Crippen molar-refractivity contribution in [1.29, 1.82) is 10.5 Å². The van der Waals surface area contributed by atoms with Gasteiger partial charge in [0, 0.05) is 26.7 Å². The van der Waals surface area contributed by atoms with Gasteiger partial charge >= 0.3 is 0 Å². The van der Waals surface area contributed by atoms with Crippen molar-refractivity contribution in [2.24, 2.45) is 0 Å². The molecule has 0 radical (unpaired) electrons. The molecule has 0 bridgehead atoms. The average molecular weight is 1710 g/mol. The number of aryl methyl sites for hydroxylation is 6. The molecule has 0 N–H and O–H groups in total. The minimum absolute atomic E-state index is 0.116. The Hall–Kier alpha value is -12.3. The molecule has 0 saturated heterocycles. The number of hydrogen-bond donors (Lipinski definition) is 0. The number of fused-ring (bicyclic) bond motifs is 31. The van der Waals surface area contributed by atoms with Gasteiger partial charge in [-0.1, -0.05) is 327 Å². The first kappa shape index (κ1) is 75.9. The molecule has 6 aliphatic carbocycles. The Labute approximate surface area is 741 Å². The Balaban J connectivity index is 0.000000112. The Morgan fingerprint density at radius 2 is 0.484 bits per heavy atom. The van der Waals surface area contributed by atoms with Crippen molar-refractivity contribution in [3.63, 3.8) is 0 Å². The minimum Gasteiger partial charge on any atom is -0.310 e. The van der Waals surface area contributed by atoms with Crippen LogP contribution in [-0.2, 0) is 65.6 Å². The lowest BCUT2D eigenvalue weighted by molar-refractivity contribution is 0.631. The van der Waals surface area contributed by atoms with E-state index < -0.39 is 16.2 Å². The van der Waals surface area contributed by atoms with E-state index in [0.717, 1.165) is 65.5 Å². The fraction of sp³-hybridized carbons (Fsp3) is 0.133. The zero-order valence-corrected chi connectivity index (χ0v) is 72.3. The largest absolute Gasteiger partial charge is 0.310 e. The molecule has 0 fully saturated rings. The molecule has 16 aromatic carbocycles. The summed E-state index contributed by atoms with van der Waals surface area (Å²) in [6, 6.07) is 126. The van der Waals surface area contributed by atoms with Crippen LogP contribution in [0.2, 0.25) is 20.1 Å². The summed E-state index contributed by atoms with van der Waals surface area (Å²) in [7, 11) is 0. The van der Waals surface area contributed by atoms with Crippen LogP contribution in [0.25, 0.3) is 33.4 Å². The van der Waals surface area contributed by atoms with Crippen molar-refractivity contribution in [3.8, 4) is 45.5 Å². The van der Waals surface area contributed by atoms with Gasteiger partial charge in [-0.3, -0.25) is 0 Å². The van der Waals surface area contributed by atoms with Gasteiger partial charge in [-0.15, -0.1) is 0 Å². The molecule has 0 unspecified atom stereocenters. The molecule has 2 heterocycles.